The Balaban J connectivity index is 2.40. The Morgan fingerprint density at radius 2 is 2.32 bits per heavy atom. The maximum atomic E-state index is 11.1. The molecule has 0 heterocycles. The molecule has 0 radical (unpaired) electrons. The van der Waals surface area contributed by atoms with Gasteiger partial charge in [0.15, 0.2) is 0 Å². The quantitative estimate of drug-likeness (QED) is 0.641. The molecule has 100 valence electrons. The molecule has 2 N–H and O–H groups in total. The summed E-state index contributed by atoms with van der Waals surface area (Å²) in [5, 5.41) is 20.0. The molecule has 0 saturated heterocycles. The van der Waals surface area contributed by atoms with E-state index in [1.165, 1.54) is 12.1 Å². The van der Waals surface area contributed by atoms with Gasteiger partial charge in [-0.15, -0.1) is 0 Å². The third kappa shape index (κ3) is 2.66. The third-order valence-electron chi connectivity index (χ3n) is 3.59. The molecule has 1 unspecified atom stereocenters. The molecule has 1 saturated carbocycles. The molecule has 0 amide bonds. The van der Waals surface area contributed by atoms with Crippen molar-refractivity contribution in [2.24, 2.45) is 11.7 Å². The van der Waals surface area contributed by atoms with E-state index in [1.54, 1.807) is 13.1 Å². The standard InChI is InChI=1S/C13H16N4O2/c1-16(13(8-15)10-3-4-10)12-6-9(7-14)2-5-11(12)17(18)19/h2,5-6,10,13H,3-4,8,15H2,1H3. The molecule has 19 heavy (non-hydrogen) atoms. The van der Waals surface area contributed by atoms with Crippen molar-refractivity contribution in [2.75, 3.05) is 18.5 Å². The average Bonchev–Trinajstić information content (AvgIpc) is 3.23. The van der Waals surface area contributed by atoms with E-state index in [2.05, 4.69) is 0 Å². The molecule has 0 bridgehead atoms. The first-order valence-corrected chi connectivity index (χ1v) is 6.20. The van der Waals surface area contributed by atoms with Gasteiger partial charge in [-0.1, -0.05) is 0 Å². The van der Waals surface area contributed by atoms with Crippen LogP contribution in [-0.4, -0.2) is 24.6 Å². The van der Waals surface area contributed by atoms with E-state index in [1.807, 2.05) is 11.0 Å². The van der Waals surface area contributed by atoms with Crippen molar-refractivity contribution < 1.29 is 4.92 Å². The summed E-state index contributed by atoms with van der Waals surface area (Å²) in [4.78, 5) is 12.5. The van der Waals surface area contributed by atoms with Gasteiger partial charge in [0.05, 0.1) is 16.6 Å². The number of nitro groups is 1. The number of hydrogen-bond acceptors (Lipinski definition) is 5. The summed E-state index contributed by atoms with van der Waals surface area (Å²) < 4.78 is 0. The Morgan fingerprint density at radius 1 is 1.63 bits per heavy atom. The van der Waals surface area contributed by atoms with Crippen molar-refractivity contribution in [3.63, 3.8) is 0 Å². The summed E-state index contributed by atoms with van der Waals surface area (Å²) >= 11 is 0. The number of rotatable bonds is 5. The molecular weight excluding hydrogens is 244 g/mol. The lowest BCUT2D eigenvalue weighted by atomic mass is 10.1. The molecule has 6 nitrogen and oxygen atoms in total. The number of benzene rings is 1. The minimum Gasteiger partial charge on any atom is -0.364 e. The van der Waals surface area contributed by atoms with Crippen molar-refractivity contribution in [3.05, 3.63) is 33.9 Å². The number of nitrogens with two attached hydrogens (primary N) is 1. The molecule has 1 aliphatic rings. The average molecular weight is 260 g/mol. The normalized spacial score (nSPS) is 15.6. The molecule has 0 spiro atoms. The lowest BCUT2D eigenvalue weighted by molar-refractivity contribution is -0.384. The van der Waals surface area contributed by atoms with Crippen LogP contribution in [0.2, 0.25) is 0 Å². The first-order valence-electron chi connectivity index (χ1n) is 6.20. The molecule has 0 aliphatic heterocycles. The zero-order valence-corrected chi connectivity index (χ0v) is 10.7. The monoisotopic (exact) mass is 260 g/mol. The maximum absolute atomic E-state index is 11.1. The van der Waals surface area contributed by atoms with E-state index in [9.17, 15) is 10.1 Å². The molecule has 2 rings (SSSR count). The number of nitriles is 1. The van der Waals surface area contributed by atoms with Gasteiger partial charge < -0.3 is 10.6 Å². The summed E-state index contributed by atoms with van der Waals surface area (Å²) in [7, 11) is 1.80. The summed E-state index contributed by atoms with van der Waals surface area (Å²) in [5.41, 5.74) is 6.67. The number of hydrogen-bond donors (Lipinski definition) is 1. The Kier molecular flexibility index (Phi) is 3.67. The molecule has 0 aromatic heterocycles. The summed E-state index contributed by atoms with van der Waals surface area (Å²) in [6.45, 7) is 0.453. The predicted molar refractivity (Wildman–Crippen MR) is 71.8 cm³/mol. The van der Waals surface area contributed by atoms with Crippen LogP contribution in [0.25, 0.3) is 0 Å². The topological polar surface area (TPSA) is 96.2 Å². The molecule has 1 fully saturated rings. The van der Waals surface area contributed by atoms with Gasteiger partial charge in [-0.05, 0) is 30.9 Å². The largest absolute Gasteiger partial charge is 0.364 e. The molecule has 1 aromatic rings. The highest BCUT2D eigenvalue weighted by atomic mass is 16.6. The van der Waals surface area contributed by atoms with Crippen molar-refractivity contribution in [3.8, 4) is 6.07 Å². The van der Waals surface area contributed by atoms with Crippen molar-refractivity contribution in [1.29, 1.82) is 5.26 Å². The van der Waals surface area contributed by atoms with Gasteiger partial charge in [0, 0.05) is 25.7 Å². The van der Waals surface area contributed by atoms with E-state index in [4.69, 9.17) is 11.0 Å². The molecule has 1 aliphatic carbocycles. The third-order valence-corrected chi connectivity index (χ3v) is 3.59. The van der Waals surface area contributed by atoms with Crippen LogP contribution < -0.4 is 10.6 Å². The molecule has 1 atom stereocenters. The first kappa shape index (κ1) is 13.3. The van der Waals surface area contributed by atoms with E-state index in [0.717, 1.165) is 12.8 Å². The van der Waals surface area contributed by atoms with Gasteiger partial charge >= 0.3 is 0 Å². The SMILES string of the molecule is CN(c1cc(C#N)ccc1[N+](=O)[O-])C(CN)C1CC1. The molecule has 1 aromatic carbocycles. The number of likely N-dealkylation sites (N-methyl/N-ethyl adjacent to an activating group) is 1. The van der Waals surface area contributed by atoms with E-state index in [0.29, 0.717) is 23.7 Å². The van der Waals surface area contributed by atoms with Crippen LogP contribution in [0.3, 0.4) is 0 Å². The highest BCUT2D eigenvalue weighted by molar-refractivity contribution is 5.66. The Labute approximate surface area is 111 Å². The van der Waals surface area contributed by atoms with E-state index in [-0.39, 0.29) is 11.7 Å². The van der Waals surface area contributed by atoms with Crippen LogP contribution in [0, 0.1) is 27.4 Å². The fourth-order valence-corrected chi connectivity index (χ4v) is 2.36. The molecule has 6 heteroatoms. The van der Waals surface area contributed by atoms with Gasteiger partial charge in [-0.25, -0.2) is 0 Å². The van der Waals surface area contributed by atoms with E-state index >= 15 is 0 Å². The van der Waals surface area contributed by atoms with Gasteiger partial charge in [0.1, 0.15) is 5.69 Å². The fraction of sp³-hybridized carbons (Fsp3) is 0.462. The lowest BCUT2D eigenvalue weighted by Crippen LogP contribution is -2.40. The lowest BCUT2D eigenvalue weighted by Gasteiger charge is -2.28. The summed E-state index contributed by atoms with van der Waals surface area (Å²) in [6.07, 6.45) is 2.22. The zero-order chi connectivity index (χ0) is 14.0. The van der Waals surface area contributed by atoms with Crippen LogP contribution in [0.1, 0.15) is 18.4 Å². The van der Waals surface area contributed by atoms with Gasteiger partial charge in [-0.2, -0.15) is 5.26 Å². The van der Waals surface area contributed by atoms with Crippen molar-refractivity contribution in [1.82, 2.24) is 0 Å². The Hall–Kier alpha value is -2.13. The number of nitrogens with zero attached hydrogens (tertiary/aromatic N) is 3. The van der Waals surface area contributed by atoms with Gasteiger partial charge in [0.2, 0.25) is 0 Å². The molecular formula is C13H16N4O2. The van der Waals surface area contributed by atoms with Crippen LogP contribution in [0.15, 0.2) is 18.2 Å². The Morgan fingerprint density at radius 3 is 2.79 bits per heavy atom. The van der Waals surface area contributed by atoms with Gasteiger partial charge in [-0.3, -0.25) is 10.1 Å². The summed E-state index contributed by atoms with van der Waals surface area (Å²) in [5.74, 6) is 0.500. The Bertz CT molecular complexity index is 534. The van der Waals surface area contributed by atoms with Crippen LogP contribution >= 0.6 is 0 Å². The van der Waals surface area contributed by atoms with Crippen LogP contribution in [-0.2, 0) is 0 Å². The highest BCUT2D eigenvalue weighted by Gasteiger charge is 2.35. The predicted octanol–water partition coefficient (Wildman–Crippen LogP) is 1.64. The van der Waals surface area contributed by atoms with Crippen molar-refractivity contribution in [2.45, 2.75) is 18.9 Å². The minimum atomic E-state index is -0.423. The number of anilines is 1. The first-order chi connectivity index (χ1) is 9.08. The van der Waals surface area contributed by atoms with Crippen molar-refractivity contribution >= 4 is 11.4 Å². The smallest absolute Gasteiger partial charge is 0.292 e. The second kappa shape index (κ2) is 5.24. The number of nitro benzene ring substituents is 1. The summed E-state index contributed by atoms with van der Waals surface area (Å²) in [6, 6.07) is 6.50. The maximum Gasteiger partial charge on any atom is 0.292 e. The zero-order valence-electron chi connectivity index (χ0n) is 10.7. The van der Waals surface area contributed by atoms with Gasteiger partial charge in [0.25, 0.3) is 5.69 Å². The highest BCUT2D eigenvalue weighted by Crippen LogP contribution is 2.38. The minimum absolute atomic E-state index is 0.0144. The van der Waals surface area contributed by atoms with Crippen LogP contribution in [0.5, 0.6) is 0 Å². The van der Waals surface area contributed by atoms with E-state index < -0.39 is 4.92 Å². The van der Waals surface area contributed by atoms with Crippen LogP contribution in [0.4, 0.5) is 11.4 Å². The fourth-order valence-electron chi connectivity index (χ4n) is 2.36. The second-order valence-electron chi connectivity index (χ2n) is 4.82. The second-order valence-corrected chi connectivity index (χ2v) is 4.82.